The third kappa shape index (κ3) is 4.66. The van der Waals surface area contributed by atoms with Crippen molar-refractivity contribution in [1.82, 2.24) is 5.32 Å². The van der Waals surface area contributed by atoms with Gasteiger partial charge in [-0.25, -0.2) is 8.42 Å². The highest BCUT2D eigenvalue weighted by atomic mass is 32.2. The Morgan fingerprint density at radius 2 is 1.74 bits per heavy atom. The molecule has 0 radical (unpaired) electrons. The Bertz CT molecular complexity index is 1130. The first-order valence-corrected chi connectivity index (χ1v) is 11.9. The van der Waals surface area contributed by atoms with Gasteiger partial charge in [0.2, 0.25) is 5.91 Å². The van der Waals surface area contributed by atoms with Crippen molar-refractivity contribution in [2.75, 3.05) is 4.72 Å². The zero-order chi connectivity index (χ0) is 21.9. The maximum absolute atomic E-state index is 12.7. The van der Waals surface area contributed by atoms with Gasteiger partial charge in [-0.15, -0.1) is 0 Å². The standard InChI is InChI=1S/C24H26N2O4S/c1-2-4-18-6-12-22(13-7-18)31(28,29)26-20-10-8-19(9-11-20)24(14-15-24)23(27)25-17-21-5-3-16-30-21/h3,5-13,16,26H,2,4,14-15,17H2,1H3,(H,25,27). The summed E-state index contributed by atoms with van der Waals surface area (Å²) in [5, 5.41) is 2.93. The number of aryl methyl sites for hydroxylation is 1. The molecule has 162 valence electrons. The van der Waals surface area contributed by atoms with E-state index in [1.807, 2.05) is 30.3 Å². The molecule has 1 amide bonds. The normalized spacial score (nSPS) is 14.7. The number of benzene rings is 2. The highest BCUT2D eigenvalue weighted by molar-refractivity contribution is 7.92. The van der Waals surface area contributed by atoms with Crippen LogP contribution >= 0.6 is 0 Å². The summed E-state index contributed by atoms with van der Waals surface area (Å²) < 4.78 is 33.3. The van der Waals surface area contributed by atoms with Gasteiger partial charge in [-0.05, 0) is 66.8 Å². The van der Waals surface area contributed by atoms with Crippen molar-refractivity contribution in [2.24, 2.45) is 0 Å². The van der Waals surface area contributed by atoms with Crippen molar-refractivity contribution in [3.8, 4) is 0 Å². The SMILES string of the molecule is CCCc1ccc(S(=O)(=O)Nc2ccc(C3(C(=O)NCc4ccco4)CC3)cc2)cc1. The number of anilines is 1. The number of hydrogen-bond acceptors (Lipinski definition) is 4. The molecule has 2 N–H and O–H groups in total. The van der Waals surface area contributed by atoms with E-state index >= 15 is 0 Å². The molecule has 1 fully saturated rings. The third-order valence-electron chi connectivity index (χ3n) is 5.65. The van der Waals surface area contributed by atoms with Crippen LogP contribution in [-0.2, 0) is 33.2 Å². The number of furan rings is 1. The first kappa shape index (κ1) is 21.2. The van der Waals surface area contributed by atoms with Crippen molar-refractivity contribution in [3.63, 3.8) is 0 Å². The molecule has 0 aliphatic heterocycles. The average Bonchev–Trinajstić information content (AvgIpc) is 3.41. The number of nitrogens with one attached hydrogen (secondary N) is 2. The Morgan fingerprint density at radius 3 is 2.32 bits per heavy atom. The van der Waals surface area contributed by atoms with Crippen LogP contribution in [0, 0.1) is 0 Å². The minimum absolute atomic E-state index is 0.0376. The van der Waals surface area contributed by atoms with Crippen molar-refractivity contribution in [2.45, 2.75) is 49.5 Å². The monoisotopic (exact) mass is 438 g/mol. The second kappa shape index (κ2) is 8.59. The molecule has 1 aromatic heterocycles. The highest BCUT2D eigenvalue weighted by Gasteiger charge is 2.51. The Balaban J connectivity index is 1.42. The van der Waals surface area contributed by atoms with Gasteiger partial charge in [0.25, 0.3) is 10.0 Å². The van der Waals surface area contributed by atoms with E-state index in [1.54, 1.807) is 36.6 Å². The molecular weight excluding hydrogens is 412 g/mol. The lowest BCUT2D eigenvalue weighted by molar-refractivity contribution is -0.123. The molecule has 4 rings (SSSR count). The summed E-state index contributed by atoms with van der Waals surface area (Å²) in [5.41, 5.74) is 1.93. The molecule has 1 aliphatic rings. The smallest absolute Gasteiger partial charge is 0.261 e. The maximum Gasteiger partial charge on any atom is 0.261 e. The maximum atomic E-state index is 12.7. The summed E-state index contributed by atoms with van der Waals surface area (Å²) in [6.07, 6.45) is 5.05. The fourth-order valence-corrected chi connectivity index (χ4v) is 4.78. The van der Waals surface area contributed by atoms with Crippen LogP contribution < -0.4 is 10.0 Å². The van der Waals surface area contributed by atoms with Gasteiger partial charge in [-0.1, -0.05) is 37.6 Å². The lowest BCUT2D eigenvalue weighted by atomic mass is 9.95. The predicted molar refractivity (Wildman–Crippen MR) is 119 cm³/mol. The quantitative estimate of drug-likeness (QED) is 0.519. The largest absolute Gasteiger partial charge is 0.467 e. The molecule has 0 atom stereocenters. The van der Waals surface area contributed by atoms with Crippen LogP contribution in [0.1, 0.15) is 43.1 Å². The zero-order valence-corrected chi connectivity index (χ0v) is 18.2. The van der Waals surface area contributed by atoms with E-state index in [-0.39, 0.29) is 10.8 Å². The van der Waals surface area contributed by atoms with E-state index in [4.69, 9.17) is 4.42 Å². The fourth-order valence-electron chi connectivity index (χ4n) is 3.72. The summed E-state index contributed by atoms with van der Waals surface area (Å²) >= 11 is 0. The molecule has 31 heavy (non-hydrogen) atoms. The van der Waals surface area contributed by atoms with Gasteiger partial charge < -0.3 is 9.73 Å². The summed E-state index contributed by atoms with van der Waals surface area (Å²) in [7, 11) is -3.67. The molecule has 1 aliphatic carbocycles. The highest BCUT2D eigenvalue weighted by Crippen LogP contribution is 2.48. The van der Waals surface area contributed by atoms with Crippen molar-refractivity contribution in [3.05, 3.63) is 83.8 Å². The van der Waals surface area contributed by atoms with Crippen molar-refractivity contribution in [1.29, 1.82) is 0 Å². The second-order valence-electron chi connectivity index (χ2n) is 7.92. The molecular formula is C24H26N2O4S. The number of hydrogen-bond donors (Lipinski definition) is 2. The molecule has 3 aromatic rings. The molecule has 0 spiro atoms. The van der Waals surface area contributed by atoms with Gasteiger partial charge in [-0.3, -0.25) is 9.52 Å². The van der Waals surface area contributed by atoms with Crippen LogP contribution in [0.5, 0.6) is 0 Å². The number of rotatable bonds is 9. The molecule has 0 unspecified atom stereocenters. The van der Waals surface area contributed by atoms with Crippen molar-refractivity contribution >= 4 is 21.6 Å². The van der Waals surface area contributed by atoms with Crippen LogP contribution in [0.2, 0.25) is 0 Å². The Kier molecular flexibility index (Phi) is 5.87. The van der Waals surface area contributed by atoms with Crippen LogP contribution in [0.15, 0.2) is 76.2 Å². The average molecular weight is 439 g/mol. The van der Waals surface area contributed by atoms with Crippen LogP contribution in [0.4, 0.5) is 5.69 Å². The summed E-state index contributed by atoms with van der Waals surface area (Å²) in [6.45, 7) is 2.44. The third-order valence-corrected chi connectivity index (χ3v) is 7.05. The second-order valence-corrected chi connectivity index (χ2v) is 9.60. The minimum Gasteiger partial charge on any atom is -0.467 e. The molecule has 2 aromatic carbocycles. The summed E-state index contributed by atoms with van der Waals surface area (Å²) in [6, 6.07) is 17.6. The summed E-state index contributed by atoms with van der Waals surface area (Å²) in [5.74, 6) is 0.668. The van der Waals surface area contributed by atoms with Gasteiger partial charge in [0.15, 0.2) is 0 Å². The minimum atomic E-state index is -3.67. The van der Waals surface area contributed by atoms with E-state index in [0.717, 1.165) is 36.8 Å². The van der Waals surface area contributed by atoms with E-state index in [0.29, 0.717) is 18.0 Å². The topological polar surface area (TPSA) is 88.4 Å². The van der Waals surface area contributed by atoms with Gasteiger partial charge in [0.1, 0.15) is 5.76 Å². The predicted octanol–water partition coefficient (Wildman–Crippen LogP) is 4.38. The number of carbonyl (C=O) groups excluding carboxylic acids is 1. The fraction of sp³-hybridized carbons (Fsp3) is 0.292. The van der Waals surface area contributed by atoms with Crippen LogP contribution in [0.3, 0.4) is 0 Å². The van der Waals surface area contributed by atoms with Crippen LogP contribution in [0.25, 0.3) is 0 Å². The van der Waals surface area contributed by atoms with Crippen LogP contribution in [-0.4, -0.2) is 14.3 Å². The van der Waals surface area contributed by atoms with Gasteiger partial charge in [0, 0.05) is 5.69 Å². The molecule has 6 nitrogen and oxygen atoms in total. The molecule has 1 heterocycles. The summed E-state index contributed by atoms with van der Waals surface area (Å²) in [4.78, 5) is 13.0. The lowest BCUT2D eigenvalue weighted by Crippen LogP contribution is -2.34. The van der Waals surface area contributed by atoms with Gasteiger partial charge in [0.05, 0.1) is 23.1 Å². The lowest BCUT2D eigenvalue weighted by Gasteiger charge is -2.16. The Hall–Kier alpha value is -3.06. The first-order chi connectivity index (χ1) is 14.9. The Labute approximate surface area is 182 Å². The first-order valence-electron chi connectivity index (χ1n) is 10.5. The van der Waals surface area contributed by atoms with E-state index in [1.165, 1.54) is 0 Å². The molecule has 7 heteroatoms. The van der Waals surface area contributed by atoms with E-state index < -0.39 is 15.4 Å². The zero-order valence-electron chi connectivity index (χ0n) is 17.4. The van der Waals surface area contributed by atoms with Gasteiger partial charge >= 0.3 is 0 Å². The van der Waals surface area contributed by atoms with E-state index in [2.05, 4.69) is 17.0 Å². The molecule has 0 saturated heterocycles. The molecule has 0 bridgehead atoms. The Morgan fingerprint density at radius 1 is 1.03 bits per heavy atom. The van der Waals surface area contributed by atoms with E-state index in [9.17, 15) is 13.2 Å². The number of carbonyl (C=O) groups is 1. The van der Waals surface area contributed by atoms with Gasteiger partial charge in [-0.2, -0.15) is 0 Å². The molecule has 1 saturated carbocycles. The van der Waals surface area contributed by atoms with Crippen molar-refractivity contribution < 1.29 is 17.6 Å². The number of sulfonamides is 1. The number of amides is 1.